The number of non-ortho nitro benzene ring substituents is 1. The van der Waals surface area contributed by atoms with Crippen molar-refractivity contribution >= 4 is 23.2 Å². The second-order valence-electron chi connectivity index (χ2n) is 5.11. The number of carbonyl (C=O) groups excluding carboxylic acids is 2. The number of hydrogen-bond acceptors (Lipinski definition) is 4. The fourth-order valence-electron chi connectivity index (χ4n) is 1.98. The Labute approximate surface area is 145 Å². The normalized spacial score (nSPS) is 10.9. The van der Waals surface area contributed by atoms with Crippen molar-refractivity contribution in [2.45, 2.75) is 6.18 Å². The summed E-state index contributed by atoms with van der Waals surface area (Å²) in [5.41, 5.74) is -0.969. The molecule has 0 fully saturated rings. The number of hydrogen-bond donors (Lipinski definition) is 2. The van der Waals surface area contributed by atoms with Crippen molar-refractivity contribution in [3.05, 3.63) is 69.8 Å². The lowest BCUT2D eigenvalue weighted by atomic mass is 10.1. The van der Waals surface area contributed by atoms with Crippen molar-refractivity contribution in [3.63, 3.8) is 0 Å². The van der Waals surface area contributed by atoms with Gasteiger partial charge in [0.2, 0.25) is 5.91 Å². The zero-order valence-electron chi connectivity index (χ0n) is 13.0. The van der Waals surface area contributed by atoms with Crippen molar-refractivity contribution in [1.82, 2.24) is 5.32 Å². The maximum Gasteiger partial charge on any atom is 0.416 e. The van der Waals surface area contributed by atoms with Crippen LogP contribution in [0.25, 0.3) is 0 Å². The minimum absolute atomic E-state index is 0.0406. The highest BCUT2D eigenvalue weighted by molar-refractivity contribution is 5.99. The summed E-state index contributed by atoms with van der Waals surface area (Å²) in [6.07, 6.45) is -4.51. The second kappa shape index (κ2) is 7.64. The average molecular weight is 367 g/mol. The van der Waals surface area contributed by atoms with Crippen LogP contribution in [0.2, 0.25) is 0 Å². The molecule has 0 heterocycles. The number of alkyl halides is 3. The number of nitrogens with zero attached hydrogens (tertiary/aromatic N) is 1. The molecule has 0 unspecified atom stereocenters. The van der Waals surface area contributed by atoms with Crippen molar-refractivity contribution in [1.29, 1.82) is 0 Å². The van der Waals surface area contributed by atoms with Crippen LogP contribution in [-0.4, -0.2) is 23.3 Å². The molecule has 0 saturated heterocycles. The molecule has 0 saturated carbocycles. The molecule has 10 heteroatoms. The van der Waals surface area contributed by atoms with Gasteiger partial charge in [-0.3, -0.25) is 19.7 Å². The van der Waals surface area contributed by atoms with E-state index in [2.05, 4.69) is 10.6 Å². The third-order valence-electron chi connectivity index (χ3n) is 3.22. The zero-order valence-corrected chi connectivity index (χ0v) is 13.0. The lowest BCUT2D eigenvalue weighted by Gasteiger charge is -2.09. The first kappa shape index (κ1) is 18.9. The monoisotopic (exact) mass is 367 g/mol. The summed E-state index contributed by atoms with van der Waals surface area (Å²) >= 11 is 0. The van der Waals surface area contributed by atoms with Crippen molar-refractivity contribution in [2.75, 3.05) is 11.9 Å². The van der Waals surface area contributed by atoms with Gasteiger partial charge < -0.3 is 10.6 Å². The van der Waals surface area contributed by atoms with E-state index in [9.17, 15) is 32.9 Å². The highest BCUT2D eigenvalue weighted by Crippen LogP contribution is 2.29. The van der Waals surface area contributed by atoms with Crippen LogP contribution in [-0.2, 0) is 11.0 Å². The first-order chi connectivity index (χ1) is 12.2. The first-order valence-electron chi connectivity index (χ1n) is 7.16. The highest BCUT2D eigenvalue weighted by atomic mass is 19.4. The summed E-state index contributed by atoms with van der Waals surface area (Å²) < 4.78 is 37.4. The minimum atomic E-state index is -4.51. The molecule has 0 bridgehead atoms. The van der Waals surface area contributed by atoms with E-state index in [1.807, 2.05) is 0 Å². The quantitative estimate of drug-likeness (QED) is 0.627. The van der Waals surface area contributed by atoms with Crippen LogP contribution in [0.1, 0.15) is 15.9 Å². The average Bonchev–Trinajstić information content (AvgIpc) is 2.59. The van der Waals surface area contributed by atoms with Crippen molar-refractivity contribution < 1.29 is 27.7 Å². The van der Waals surface area contributed by atoms with Crippen LogP contribution in [0, 0.1) is 10.1 Å². The van der Waals surface area contributed by atoms with Crippen molar-refractivity contribution in [3.8, 4) is 0 Å². The van der Waals surface area contributed by atoms with E-state index in [0.29, 0.717) is 0 Å². The van der Waals surface area contributed by atoms with Gasteiger partial charge in [-0.15, -0.1) is 0 Å². The molecule has 0 aliphatic heterocycles. The van der Waals surface area contributed by atoms with Crippen molar-refractivity contribution in [2.24, 2.45) is 0 Å². The van der Waals surface area contributed by atoms with Crippen LogP contribution in [0.5, 0.6) is 0 Å². The van der Waals surface area contributed by atoms with Gasteiger partial charge in [-0.2, -0.15) is 13.2 Å². The van der Waals surface area contributed by atoms with Gasteiger partial charge in [0.15, 0.2) is 0 Å². The second-order valence-corrected chi connectivity index (χ2v) is 5.11. The lowest BCUT2D eigenvalue weighted by molar-refractivity contribution is -0.384. The Kier molecular flexibility index (Phi) is 5.55. The molecule has 2 N–H and O–H groups in total. The minimum Gasteiger partial charge on any atom is -0.343 e. The molecular weight excluding hydrogens is 355 g/mol. The first-order valence-corrected chi connectivity index (χ1v) is 7.16. The molecule has 0 spiro atoms. The lowest BCUT2D eigenvalue weighted by Crippen LogP contribution is -2.32. The Hall–Kier alpha value is -3.43. The van der Waals surface area contributed by atoms with E-state index in [-0.39, 0.29) is 16.9 Å². The smallest absolute Gasteiger partial charge is 0.343 e. The number of carbonyl (C=O) groups is 2. The molecule has 2 rings (SSSR count). The Morgan fingerprint density at radius 3 is 2.31 bits per heavy atom. The fraction of sp³-hybridized carbons (Fsp3) is 0.125. The summed E-state index contributed by atoms with van der Waals surface area (Å²) in [7, 11) is 0. The van der Waals surface area contributed by atoms with E-state index < -0.39 is 35.0 Å². The zero-order chi connectivity index (χ0) is 19.3. The van der Waals surface area contributed by atoms with Gasteiger partial charge in [-0.1, -0.05) is 6.07 Å². The summed E-state index contributed by atoms with van der Waals surface area (Å²) in [5.74, 6) is -1.38. The summed E-state index contributed by atoms with van der Waals surface area (Å²) in [4.78, 5) is 33.7. The number of benzene rings is 2. The molecule has 0 atom stereocenters. The molecule has 136 valence electrons. The Balaban J connectivity index is 1.91. The largest absolute Gasteiger partial charge is 0.416 e. The SMILES string of the molecule is O=C(CNC(=O)c1ccc(C(F)(F)F)cc1)Nc1cccc([N+](=O)[O-])c1. The van der Waals surface area contributed by atoms with Gasteiger partial charge in [0, 0.05) is 23.4 Å². The molecule has 7 nitrogen and oxygen atoms in total. The van der Waals surface area contributed by atoms with Crippen LogP contribution in [0.3, 0.4) is 0 Å². The van der Waals surface area contributed by atoms with E-state index in [1.54, 1.807) is 0 Å². The predicted molar refractivity (Wildman–Crippen MR) is 85.5 cm³/mol. The van der Waals surface area contributed by atoms with Gasteiger partial charge in [-0.25, -0.2) is 0 Å². The molecule has 0 aliphatic carbocycles. The van der Waals surface area contributed by atoms with E-state index in [1.165, 1.54) is 18.2 Å². The van der Waals surface area contributed by atoms with E-state index in [4.69, 9.17) is 0 Å². The Bertz CT molecular complexity index is 835. The van der Waals surface area contributed by atoms with E-state index >= 15 is 0 Å². The van der Waals surface area contributed by atoms with Crippen LogP contribution in [0.15, 0.2) is 48.5 Å². The molecule has 2 amide bonds. The van der Waals surface area contributed by atoms with Gasteiger partial charge in [0.1, 0.15) is 0 Å². The summed E-state index contributed by atoms with van der Waals surface area (Å²) in [5, 5.41) is 15.3. The molecule has 0 radical (unpaired) electrons. The molecule has 26 heavy (non-hydrogen) atoms. The third kappa shape index (κ3) is 5.03. The number of nitro groups is 1. The van der Waals surface area contributed by atoms with Gasteiger partial charge >= 0.3 is 6.18 Å². The maximum atomic E-state index is 12.5. The van der Waals surface area contributed by atoms with Crippen LogP contribution < -0.4 is 10.6 Å². The topological polar surface area (TPSA) is 101 Å². The maximum absolute atomic E-state index is 12.5. The Morgan fingerprint density at radius 2 is 1.73 bits per heavy atom. The van der Waals surface area contributed by atoms with Gasteiger partial charge in [0.05, 0.1) is 17.0 Å². The molecular formula is C16H12F3N3O4. The number of amides is 2. The number of nitro benzene ring substituents is 1. The number of rotatable bonds is 5. The highest BCUT2D eigenvalue weighted by Gasteiger charge is 2.30. The van der Waals surface area contributed by atoms with Gasteiger partial charge in [0.25, 0.3) is 11.6 Å². The molecule has 0 aromatic heterocycles. The fourth-order valence-corrected chi connectivity index (χ4v) is 1.98. The van der Waals surface area contributed by atoms with Crippen LogP contribution in [0.4, 0.5) is 24.5 Å². The van der Waals surface area contributed by atoms with Gasteiger partial charge in [-0.05, 0) is 30.3 Å². The summed E-state index contributed by atoms with van der Waals surface area (Å²) in [6.45, 7) is -0.456. The van der Waals surface area contributed by atoms with E-state index in [0.717, 1.165) is 30.3 Å². The number of halogens is 3. The number of anilines is 1. The standard InChI is InChI=1S/C16H12F3N3O4/c17-16(18,19)11-6-4-10(5-7-11)15(24)20-9-14(23)21-12-2-1-3-13(8-12)22(25)26/h1-8H,9H2,(H,20,24)(H,21,23). The predicted octanol–water partition coefficient (Wildman–Crippen LogP) is 2.98. The molecule has 0 aliphatic rings. The van der Waals surface area contributed by atoms with Crippen LogP contribution >= 0.6 is 0 Å². The molecule has 2 aromatic rings. The Morgan fingerprint density at radius 1 is 1.08 bits per heavy atom. The number of nitrogens with one attached hydrogen (secondary N) is 2. The molecule has 2 aromatic carbocycles. The summed E-state index contributed by atoms with van der Waals surface area (Å²) in [6, 6.07) is 8.73. The third-order valence-corrected chi connectivity index (χ3v) is 3.22.